The van der Waals surface area contributed by atoms with E-state index >= 15 is 0 Å². The third kappa shape index (κ3) is 4.74. The van der Waals surface area contributed by atoms with Gasteiger partial charge in [0, 0.05) is 18.8 Å². The molecular weight excluding hydrogens is 294 g/mol. The first-order valence-corrected chi connectivity index (χ1v) is 7.34. The van der Waals surface area contributed by atoms with Crippen LogP contribution in [-0.2, 0) is 4.74 Å². The largest absolute Gasteiger partial charge is 0.475 e. The van der Waals surface area contributed by atoms with Crippen LogP contribution >= 0.6 is 11.6 Å². The first kappa shape index (κ1) is 15.8. The van der Waals surface area contributed by atoms with Crippen LogP contribution in [0.1, 0.15) is 33.6 Å². The van der Waals surface area contributed by atoms with Gasteiger partial charge in [-0.15, -0.1) is 0 Å². The lowest BCUT2D eigenvalue weighted by molar-refractivity contribution is 0.0185. The van der Waals surface area contributed by atoms with Crippen LogP contribution in [-0.4, -0.2) is 45.8 Å². The Labute approximate surface area is 129 Å². The van der Waals surface area contributed by atoms with E-state index in [1.165, 1.54) is 6.20 Å². The van der Waals surface area contributed by atoms with Gasteiger partial charge in [0.25, 0.3) is 0 Å². The summed E-state index contributed by atoms with van der Waals surface area (Å²) in [7, 11) is 0. The lowest BCUT2D eigenvalue weighted by Gasteiger charge is -2.28. The van der Waals surface area contributed by atoms with Crippen LogP contribution in [0.5, 0.6) is 5.88 Å². The molecule has 0 spiro atoms. The zero-order chi connectivity index (χ0) is 15.5. The molecule has 21 heavy (non-hydrogen) atoms. The zero-order valence-electron chi connectivity index (χ0n) is 12.5. The Balaban J connectivity index is 1.91. The fraction of sp³-hybridized carbons (Fsp3) is 0.643. The first-order valence-electron chi connectivity index (χ1n) is 6.96. The topological polar surface area (TPSA) is 64.5 Å². The SMILES string of the molecule is CC(C)(C)OC(=O)N1CCC[C@@H]1COc1ccnc(Cl)n1. The van der Waals surface area contributed by atoms with Crippen LogP contribution < -0.4 is 4.74 Å². The summed E-state index contributed by atoms with van der Waals surface area (Å²) < 4.78 is 11.0. The molecule has 1 aliphatic rings. The third-order valence-electron chi connectivity index (χ3n) is 3.03. The van der Waals surface area contributed by atoms with Gasteiger partial charge in [0.15, 0.2) is 0 Å². The predicted molar refractivity (Wildman–Crippen MR) is 78.5 cm³/mol. The summed E-state index contributed by atoms with van der Waals surface area (Å²) in [6, 6.07) is 1.63. The van der Waals surface area contributed by atoms with Gasteiger partial charge in [-0.3, -0.25) is 0 Å². The molecular formula is C14H20ClN3O3. The van der Waals surface area contributed by atoms with Crippen LogP contribution in [0, 0.1) is 0 Å². The minimum atomic E-state index is -0.495. The molecule has 1 aromatic rings. The van der Waals surface area contributed by atoms with E-state index in [-0.39, 0.29) is 17.4 Å². The summed E-state index contributed by atoms with van der Waals surface area (Å²) >= 11 is 5.71. The molecule has 0 radical (unpaired) electrons. The average Bonchev–Trinajstić information content (AvgIpc) is 2.83. The van der Waals surface area contributed by atoms with Crippen molar-refractivity contribution in [3.05, 3.63) is 17.5 Å². The second-order valence-corrected chi connectivity index (χ2v) is 6.28. The van der Waals surface area contributed by atoms with E-state index in [0.717, 1.165) is 12.8 Å². The summed E-state index contributed by atoms with van der Waals surface area (Å²) in [4.78, 5) is 21.6. The number of carbonyl (C=O) groups excluding carboxylic acids is 1. The van der Waals surface area contributed by atoms with Gasteiger partial charge in [0.1, 0.15) is 12.2 Å². The van der Waals surface area contributed by atoms with Crippen LogP contribution in [0.3, 0.4) is 0 Å². The van der Waals surface area contributed by atoms with Crippen LogP contribution in [0.2, 0.25) is 5.28 Å². The van der Waals surface area contributed by atoms with Crippen molar-refractivity contribution in [3.8, 4) is 5.88 Å². The molecule has 0 unspecified atom stereocenters. The number of hydrogen-bond donors (Lipinski definition) is 0. The van der Waals surface area contributed by atoms with E-state index in [9.17, 15) is 4.79 Å². The van der Waals surface area contributed by atoms with Crippen molar-refractivity contribution in [2.75, 3.05) is 13.2 Å². The smallest absolute Gasteiger partial charge is 0.410 e. The quantitative estimate of drug-likeness (QED) is 0.803. The zero-order valence-corrected chi connectivity index (χ0v) is 13.3. The Morgan fingerprint density at radius 3 is 2.95 bits per heavy atom. The summed E-state index contributed by atoms with van der Waals surface area (Å²) in [5.41, 5.74) is -0.495. The van der Waals surface area contributed by atoms with Gasteiger partial charge in [-0.05, 0) is 45.2 Å². The highest BCUT2D eigenvalue weighted by Gasteiger charge is 2.32. The Morgan fingerprint density at radius 1 is 1.52 bits per heavy atom. The van der Waals surface area contributed by atoms with Crippen molar-refractivity contribution >= 4 is 17.7 Å². The molecule has 0 aliphatic carbocycles. The molecule has 116 valence electrons. The summed E-state index contributed by atoms with van der Waals surface area (Å²) in [5, 5.41) is 0.142. The molecule has 1 saturated heterocycles. The highest BCUT2D eigenvalue weighted by atomic mass is 35.5. The fourth-order valence-corrected chi connectivity index (χ4v) is 2.29. The Hall–Kier alpha value is -1.56. The third-order valence-corrected chi connectivity index (χ3v) is 3.21. The minimum absolute atomic E-state index is 0.00593. The van der Waals surface area contributed by atoms with Crippen molar-refractivity contribution < 1.29 is 14.3 Å². The van der Waals surface area contributed by atoms with Gasteiger partial charge in [-0.1, -0.05) is 0 Å². The minimum Gasteiger partial charge on any atom is -0.475 e. The molecule has 1 aliphatic heterocycles. The van der Waals surface area contributed by atoms with E-state index in [0.29, 0.717) is 19.0 Å². The van der Waals surface area contributed by atoms with Crippen LogP contribution in [0.4, 0.5) is 4.79 Å². The van der Waals surface area contributed by atoms with Crippen LogP contribution in [0.25, 0.3) is 0 Å². The molecule has 1 aromatic heterocycles. The molecule has 6 nitrogen and oxygen atoms in total. The van der Waals surface area contributed by atoms with E-state index in [1.807, 2.05) is 20.8 Å². The van der Waals surface area contributed by atoms with E-state index in [1.54, 1.807) is 11.0 Å². The Kier molecular flexibility index (Phi) is 4.88. The second kappa shape index (κ2) is 6.47. The number of hydrogen-bond acceptors (Lipinski definition) is 5. The van der Waals surface area contributed by atoms with Crippen molar-refractivity contribution in [1.82, 2.24) is 14.9 Å². The van der Waals surface area contributed by atoms with Crippen molar-refractivity contribution in [2.24, 2.45) is 0 Å². The normalized spacial score (nSPS) is 18.7. The van der Waals surface area contributed by atoms with E-state index < -0.39 is 5.60 Å². The monoisotopic (exact) mass is 313 g/mol. The number of likely N-dealkylation sites (tertiary alicyclic amines) is 1. The van der Waals surface area contributed by atoms with Crippen LogP contribution in [0.15, 0.2) is 12.3 Å². The van der Waals surface area contributed by atoms with Gasteiger partial charge in [-0.2, -0.15) is 4.98 Å². The molecule has 0 N–H and O–H groups in total. The predicted octanol–water partition coefficient (Wildman–Crippen LogP) is 2.91. The maximum atomic E-state index is 12.1. The lowest BCUT2D eigenvalue weighted by Crippen LogP contribution is -2.42. The molecule has 2 heterocycles. The molecule has 0 aromatic carbocycles. The molecule has 0 bridgehead atoms. The number of rotatable bonds is 3. The summed E-state index contributed by atoms with van der Waals surface area (Å²) in [6.07, 6.45) is 3.06. The molecule has 1 amide bonds. The number of aromatic nitrogens is 2. The average molecular weight is 314 g/mol. The van der Waals surface area contributed by atoms with Gasteiger partial charge in [0.2, 0.25) is 11.2 Å². The van der Waals surface area contributed by atoms with E-state index in [4.69, 9.17) is 21.1 Å². The highest BCUT2D eigenvalue weighted by Crippen LogP contribution is 2.21. The number of carbonyl (C=O) groups is 1. The Morgan fingerprint density at radius 2 is 2.29 bits per heavy atom. The molecule has 2 rings (SSSR count). The number of halogens is 1. The lowest BCUT2D eigenvalue weighted by atomic mass is 10.2. The fourth-order valence-electron chi connectivity index (χ4n) is 2.15. The molecule has 1 atom stereocenters. The second-order valence-electron chi connectivity index (χ2n) is 5.94. The number of amides is 1. The molecule has 1 fully saturated rings. The maximum Gasteiger partial charge on any atom is 0.410 e. The van der Waals surface area contributed by atoms with Crippen molar-refractivity contribution in [1.29, 1.82) is 0 Å². The van der Waals surface area contributed by atoms with Crippen molar-refractivity contribution in [3.63, 3.8) is 0 Å². The van der Waals surface area contributed by atoms with Gasteiger partial charge in [0.05, 0.1) is 6.04 Å². The summed E-state index contributed by atoms with van der Waals surface area (Å²) in [5.74, 6) is 0.408. The number of nitrogens with zero attached hydrogens (tertiary/aromatic N) is 3. The highest BCUT2D eigenvalue weighted by molar-refractivity contribution is 6.28. The van der Waals surface area contributed by atoms with Gasteiger partial charge >= 0.3 is 6.09 Å². The van der Waals surface area contributed by atoms with Gasteiger partial charge < -0.3 is 14.4 Å². The summed E-state index contributed by atoms with van der Waals surface area (Å²) in [6.45, 7) is 6.63. The maximum absolute atomic E-state index is 12.1. The number of ether oxygens (including phenoxy) is 2. The van der Waals surface area contributed by atoms with Crippen molar-refractivity contribution in [2.45, 2.75) is 45.3 Å². The first-order chi connectivity index (χ1) is 9.85. The molecule has 0 saturated carbocycles. The standard InChI is InChI=1S/C14H20ClN3O3/c1-14(2,3)21-13(19)18-8-4-5-10(18)9-20-11-6-7-16-12(15)17-11/h6-7,10H,4-5,8-9H2,1-3H3/t10-/m1/s1. The Bertz CT molecular complexity index is 504. The van der Waals surface area contributed by atoms with E-state index in [2.05, 4.69) is 9.97 Å². The van der Waals surface area contributed by atoms with Gasteiger partial charge in [-0.25, -0.2) is 9.78 Å². The molecule has 7 heteroatoms.